The number of hydrogen-bond donors (Lipinski definition) is 2. The lowest BCUT2D eigenvalue weighted by atomic mass is 10.1. The highest BCUT2D eigenvalue weighted by molar-refractivity contribution is 7.15. The Balaban J connectivity index is 1.29. The van der Waals surface area contributed by atoms with Gasteiger partial charge in [0.15, 0.2) is 5.13 Å². The molecule has 2 heterocycles. The number of amides is 4. The predicted octanol–water partition coefficient (Wildman–Crippen LogP) is 2.47. The number of thiazole rings is 1. The standard InChI is InChI=1S/C19H20N4O3S/c24-16(22-18-20-13-7-4-8-15(13)27-18)10-9-14-17(25)23(19(26)21-14)11-12-5-2-1-3-6-12/h1-3,5-6,14H,4,7-11H2,(H,21,26)(H,20,22,24). The molecule has 27 heavy (non-hydrogen) atoms. The van der Waals surface area contributed by atoms with Gasteiger partial charge >= 0.3 is 6.03 Å². The van der Waals surface area contributed by atoms with Gasteiger partial charge in [0, 0.05) is 11.3 Å². The Kier molecular flexibility index (Phi) is 4.89. The molecule has 2 aliphatic rings. The Morgan fingerprint density at radius 3 is 2.85 bits per heavy atom. The van der Waals surface area contributed by atoms with Crippen LogP contribution < -0.4 is 10.6 Å². The van der Waals surface area contributed by atoms with Crippen molar-refractivity contribution in [2.75, 3.05) is 5.32 Å². The first-order chi connectivity index (χ1) is 13.1. The number of carbonyl (C=O) groups excluding carboxylic acids is 3. The SMILES string of the molecule is O=C(CCC1NC(=O)N(Cc2ccccc2)C1=O)Nc1nc2c(s1)CCC2. The van der Waals surface area contributed by atoms with Gasteiger partial charge < -0.3 is 10.6 Å². The van der Waals surface area contributed by atoms with E-state index in [9.17, 15) is 14.4 Å². The molecule has 0 spiro atoms. The second-order valence-corrected chi connectivity index (χ2v) is 7.82. The van der Waals surface area contributed by atoms with E-state index in [1.165, 1.54) is 21.1 Å². The van der Waals surface area contributed by atoms with Gasteiger partial charge in [-0.2, -0.15) is 0 Å². The van der Waals surface area contributed by atoms with Crippen molar-refractivity contribution in [3.8, 4) is 0 Å². The van der Waals surface area contributed by atoms with Crippen LogP contribution in [-0.2, 0) is 29.0 Å². The van der Waals surface area contributed by atoms with Crippen molar-refractivity contribution in [2.24, 2.45) is 0 Å². The number of aryl methyl sites for hydroxylation is 2. The number of nitrogens with zero attached hydrogens (tertiary/aromatic N) is 2. The van der Waals surface area contributed by atoms with E-state index in [1.54, 1.807) is 0 Å². The number of benzene rings is 1. The summed E-state index contributed by atoms with van der Waals surface area (Å²) in [4.78, 5) is 43.6. The van der Waals surface area contributed by atoms with Gasteiger partial charge in [0.1, 0.15) is 6.04 Å². The molecule has 1 saturated heterocycles. The maximum atomic E-state index is 12.5. The molecule has 4 amide bonds. The molecule has 1 aromatic heterocycles. The predicted molar refractivity (Wildman–Crippen MR) is 101 cm³/mol. The maximum Gasteiger partial charge on any atom is 0.325 e. The number of rotatable bonds is 6. The lowest BCUT2D eigenvalue weighted by Crippen LogP contribution is -2.31. The number of nitrogens with one attached hydrogen (secondary N) is 2. The molecule has 140 valence electrons. The molecule has 1 aromatic carbocycles. The summed E-state index contributed by atoms with van der Waals surface area (Å²) in [5.74, 6) is -0.476. The monoisotopic (exact) mass is 384 g/mol. The van der Waals surface area contributed by atoms with Gasteiger partial charge in [0.25, 0.3) is 5.91 Å². The molecule has 1 aliphatic carbocycles. The fourth-order valence-electron chi connectivity index (χ4n) is 3.39. The minimum absolute atomic E-state index is 0.153. The van der Waals surface area contributed by atoms with Crippen molar-refractivity contribution < 1.29 is 14.4 Å². The molecule has 0 saturated carbocycles. The Bertz CT molecular complexity index is 859. The number of fused-ring (bicyclic) bond motifs is 1. The van der Waals surface area contributed by atoms with Crippen molar-refractivity contribution in [1.29, 1.82) is 0 Å². The highest BCUT2D eigenvalue weighted by Gasteiger charge is 2.37. The molecule has 1 atom stereocenters. The molecule has 1 unspecified atom stereocenters. The average Bonchev–Trinajstić information content (AvgIpc) is 3.31. The minimum Gasteiger partial charge on any atom is -0.326 e. The number of aromatic nitrogens is 1. The first-order valence-electron chi connectivity index (χ1n) is 9.04. The number of hydrogen-bond acceptors (Lipinski definition) is 5. The largest absolute Gasteiger partial charge is 0.326 e. The van der Waals surface area contributed by atoms with E-state index in [0.29, 0.717) is 5.13 Å². The first kappa shape index (κ1) is 17.7. The zero-order valence-corrected chi connectivity index (χ0v) is 15.6. The van der Waals surface area contributed by atoms with Gasteiger partial charge in [0.2, 0.25) is 5.91 Å². The molecule has 1 aliphatic heterocycles. The van der Waals surface area contributed by atoms with E-state index in [-0.39, 0.29) is 31.2 Å². The Labute approximate surface area is 160 Å². The second kappa shape index (κ2) is 7.48. The van der Waals surface area contributed by atoms with Crippen LogP contribution in [0.4, 0.5) is 9.93 Å². The van der Waals surface area contributed by atoms with Gasteiger partial charge in [-0.15, -0.1) is 11.3 Å². The summed E-state index contributed by atoms with van der Waals surface area (Å²) >= 11 is 1.52. The fourth-order valence-corrected chi connectivity index (χ4v) is 4.46. The molecular weight excluding hydrogens is 364 g/mol. The first-order valence-corrected chi connectivity index (χ1v) is 9.86. The van der Waals surface area contributed by atoms with Gasteiger partial charge in [-0.1, -0.05) is 30.3 Å². The van der Waals surface area contributed by atoms with Crippen LogP contribution in [0, 0.1) is 0 Å². The van der Waals surface area contributed by atoms with Crippen LogP contribution in [0.15, 0.2) is 30.3 Å². The van der Waals surface area contributed by atoms with Crippen LogP contribution in [0.2, 0.25) is 0 Å². The third-order valence-corrected chi connectivity index (χ3v) is 5.87. The van der Waals surface area contributed by atoms with Crippen LogP contribution in [0.25, 0.3) is 0 Å². The zero-order chi connectivity index (χ0) is 18.8. The quantitative estimate of drug-likeness (QED) is 0.749. The zero-order valence-electron chi connectivity index (χ0n) is 14.7. The molecule has 8 heteroatoms. The molecule has 2 aromatic rings. The summed E-state index contributed by atoms with van der Waals surface area (Å²) in [6.07, 6.45) is 3.56. The Hall–Kier alpha value is -2.74. The topological polar surface area (TPSA) is 91.4 Å². The highest BCUT2D eigenvalue weighted by Crippen LogP contribution is 2.30. The molecule has 7 nitrogen and oxygen atoms in total. The van der Waals surface area contributed by atoms with Crippen molar-refractivity contribution in [3.05, 3.63) is 46.5 Å². The van der Waals surface area contributed by atoms with Gasteiger partial charge in [-0.25, -0.2) is 9.78 Å². The third-order valence-electron chi connectivity index (χ3n) is 4.79. The summed E-state index contributed by atoms with van der Waals surface area (Å²) in [6, 6.07) is 8.28. The summed E-state index contributed by atoms with van der Waals surface area (Å²) in [5, 5.41) is 6.09. The van der Waals surface area contributed by atoms with E-state index in [1.807, 2.05) is 30.3 Å². The van der Waals surface area contributed by atoms with E-state index in [4.69, 9.17) is 0 Å². The average molecular weight is 384 g/mol. The number of urea groups is 1. The molecule has 0 bridgehead atoms. The van der Waals surface area contributed by atoms with Crippen LogP contribution in [0.1, 0.15) is 35.4 Å². The number of anilines is 1. The maximum absolute atomic E-state index is 12.5. The summed E-state index contributed by atoms with van der Waals surface area (Å²) in [6.45, 7) is 0.235. The second-order valence-electron chi connectivity index (χ2n) is 6.74. The smallest absolute Gasteiger partial charge is 0.325 e. The molecule has 4 rings (SSSR count). The number of carbonyl (C=O) groups is 3. The summed E-state index contributed by atoms with van der Waals surface area (Å²) < 4.78 is 0. The lowest BCUT2D eigenvalue weighted by molar-refractivity contribution is -0.128. The van der Waals surface area contributed by atoms with Crippen LogP contribution in [0.5, 0.6) is 0 Å². The fraction of sp³-hybridized carbons (Fsp3) is 0.368. The van der Waals surface area contributed by atoms with Crippen molar-refractivity contribution in [2.45, 2.75) is 44.7 Å². The summed E-state index contributed by atoms with van der Waals surface area (Å²) in [5.41, 5.74) is 1.97. The molecular formula is C19H20N4O3S. The van der Waals surface area contributed by atoms with E-state index >= 15 is 0 Å². The molecule has 1 fully saturated rings. The van der Waals surface area contributed by atoms with E-state index in [0.717, 1.165) is 30.5 Å². The van der Waals surface area contributed by atoms with Gasteiger partial charge in [-0.3, -0.25) is 14.5 Å². The third kappa shape index (κ3) is 3.85. The van der Waals surface area contributed by atoms with E-state index < -0.39 is 12.1 Å². The van der Waals surface area contributed by atoms with Gasteiger partial charge in [-0.05, 0) is 31.2 Å². The lowest BCUT2D eigenvalue weighted by Gasteiger charge is -2.13. The number of imide groups is 1. The van der Waals surface area contributed by atoms with Crippen LogP contribution in [0.3, 0.4) is 0 Å². The molecule has 0 radical (unpaired) electrons. The van der Waals surface area contributed by atoms with Crippen molar-refractivity contribution >= 4 is 34.3 Å². The normalized spacial score (nSPS) is 18.5. The van der Waals surface area contributed by atoms with Crippen molar-refractivity contribution in [1.82, 2.24) is 15.2 Å². The van der Waals surface area contributed by atoms with Gasteiger partial charge in [0.05, 0.1) is 12.2 Å². The summed E-state index contributed by atoms with van der Waals surface area (Å²) in [7, 11) is 0. The van der Waals surface area contributed by atoms with E-state index in [2.05, 4.69) is 15.6 Å². The minimum atomic E-state index is -0.659. The van der Waals surface area contributed by atoms with Crippen LogP contribution in [-0.4, -0.2) is 33.8 Å². The van der Waals surface area contributed by atoms with Crippen LogP contribution >= 0.6 is 11.3 Å². The van der Waals surface area contributed by atoms with Crippen molar-refractivity contribution in [3.63, 3.8) is 0 Å². The molecule has 2 N–H and O–H groups in total. The Morgan fingerprint density at radius 1 is 1.26 bits per heavy atom. The Morgan fingerprint density at radius 2 is 2.07 bits per heavy atom. The highest BCUT2D eigenvalue weighted by atomic mass is 32.1.